The van der Waals surface area contributed by atoms with E-state index in [-0.39, 0.29) is 0 Å². The van der Waals surface area contributed by atoms with Gasteiger partial charge in [-0.3, -0.25) is 4.98 Å². The summed E-state index contributed by atoms with van der Waals surface area (Å²) >= 11 is 0. The van der Waals surface area contributed by atoms with Gasteiger partial charge in [0.2, 0.25) is 0 Å². The minimum Gasteiger partial charge on any atom is -0.256 e. The van der Waals surface area contributed by atoms with E-state index in [2.05, 4.69) is 123 Å². The van der Waals surface area contributed by atoms with E-state index in [4.69, 9.17) is 4.98 Å². The van der Waals surface area contributed by atoms with Crippen molar-refractivity contribution in [1.82, 2.24) is 4.98 Å². The van der Waals surface area contributed by atoms with Crippen LogP contribution in [0.5, 0.6) is 0 Å². The summed E-state index contributed by atoms with van der Waals surface area (Å²) in [4.78, 5) is 4.87. The second-order valence-electron chi connectivity index (χ2n) is 11.1. The maximum atomic E-state index is 4.87. The van der Waals surface area contributed by atoms with Crippen molar-refractivity contribution < 1.29 is 0 Å². The normalized spacial score (nSPS) is 23.1. The molecular weight excluding hydrogens is 458 g/mol. The van der Waals surface area contributed by atoms with Gasteiger partial charge in [-0.25, -0.2) is 0 Å². The first-order valence-corrected chi connectivity index (χ1v) is 14.0. The predicted octanol–water partition coefficient (Wildman–Crippen LogP) is 9.66. The molecule has 38 heavy (non-hydrogen) atoms. The summed E-state index contributed by atoms with van der Waals surface area (Å²) in [6.07, 6.45) is 26.0. The molecule has 1 nitrogen and oxygen atoms in total. The predicted molar refractivity (Wildman–Crippen MR) is 160 cm³/mol. The summed E-state index contributed by atoms with van der Waals surface area (Å²) in [6.45, 7) is 4.43. The van der Waals surface area contributed by atoms with Crippen LogP contribution in [-0.2, 0) is 0 Å². The molecule has 0 fully saturated rings. The van der Waals surface area contributed by atoms with E-state index < -0.39 is 0 Å². The zero-order valence-corrected chi connectivity index (χ0v) is 22.2. The Labute approximate surface area is 226 Å². The van der Waals surface area contributed by atoms with E-state index in [1.54, 1.807) is 0 Å². The summed E-state index contributed by atoms with van der Waals surface area (Å²) in [6, 6.07) is 18.4. The first kappa shape index (κ1) is 23.2. The first-order valence-electron chi connectivity index (χ1n) is 14.0. The van der Waals surface area contributed by atoms with E-state index >= 15 is 0 Å². The van der Waals surface area contributed by atoms with Crippen molar-refractivity contribution in [1.29, 1.82) is 0 Å². The molecule has 0 amide bonds. The van der Waals surface area contributed by atoms with Gasteiger partial charge >= 0.3 is 0 Å². The summed E-state index contributed by atoms with van der Waals surface area (Å²) in [5.41, 5.74) is 14.8. The van der Waals surface area contributed by atoms with Crippen LogP contribution in [0.4, 0.5) is 0 Å². The van der Waals surface area contributed by atoms with E-state index in [1.807, 2.05) is 0 Å². The Morgan fingerprint density at radius 3 is 2.53 bits per heavy atom. The fraction of sp³-hybridized carbons (Fsp3) is 0.216. The van der Waals surface area contributed by atoms with Crippen molar-refractivity contribution in [2.24, 2.45) is 5.92 Å². The highest BCUT2D eigenvalue weighted by atomic mass is 14.7. The molecule has 1 aromatic heterocycles. The third-order valence-electron chi connectivity index (χ3n) is 8.87. The molecule has 0 bridgehead atoms. The van der Waals surface area contributed by atoms with Crippen LogP contribution in [0.25, 0.3) is 28.0 Å². The van der Waals surface area contributed by atoms with Gasteiger partial charge in [-0.2, -0.15) is 0 Å². The van der Waals surface area contributed by atoms with Gasteiger partial charge in [0, 0.05) is 29.5 Å². The monoisotopic (exact) mass is 491 g/mol. The molecule has 4 aliphatic carbocycles. The molecule has 0 aliphatic heterocycles. The molecule has 0 N–H and O–H groups in total. The lowest BCUT2D eigenvalue weighted by molar-refractivity contribution is 0.655. The molecule has 2 aromatic carbocycles. The number of nitrogens with zero attached hydrogens (tertiary/aromatic N) is 1. The largest absolute Gasteiger partial charge is 0.256 e. The van der Waals surface area contributed by atoms with Gasteiger partial charge in [-0.1, -0.05) is 90.6 Å². The Bertz CT molecular complexity index is 1620. The topological polar surface area (TPSA) is 12.9 Å². The lowest BCUT2D eigenvalue weighted by atomic mass is 9.67. The van der Waals surface area contributed by atoms with Crippen LogP contribution >= 0.6 is 0 Å². The number of allylic oxidation sites excluding steroid dienone is 12. The Morgan fingerprint density at radius 2 is 1.63 bits per heavy atom. The molecule has 3 atom stereocenters. The second-order valence-corrected chi connectivity index (χ2v) is 11.1. The van der Waals surface area contributed by atoms with Crippen LogP contribution < -0.4 is 0 Å². The number of aryl methyl sites for hydroxylation is 1. The lowest BCUT2D eigenvalue weighted by Crippen LogP contribution is -2.21. The summed E-state index contributed by atoms with van der Waals surface area (Å²) in [5, 5.41) is 0. The average molecular weight is 492 g/mol. The third-order valence-corrected chi connectivity index (χ3v) is 8.87. The molecule has 3 aromatic rings. The highest BCUT2D eigenvalue weighted by Crippen LogP contribution is 2.49. The van der Waals surface area contributed by atoms with Crippen molar-refractivity contribution in [3.63, 3.8) is 0 Å². The SMILES string of the molecule is CC1=CC=CCC1c1cc(-c2cccc(-c3ccc4c(c3)C3=C(C=CCC3)C3C=CC=CC43)c2)ncc1C. The van der Waals surface area contributed by atoms with Gasteiger partial charge in [-0.15, -0.1) is 0 Å². The molecule has 3 unspecified atom stereocenters. The van der Waals surface area contributed by atoms with E-state index in [1.165, 1.54) is 55.7 Å². The molecule has 0 radical (unpaired) electrons. The highest BCUT2D eigenvalue weighted by molar-refractivity contribution is 5.83. The average Bonchev–Trinajstić information content (AvgIpc) is 2.98. The smallest absolute Gasteiger partial charge is 0.0705 e. The lowest BCUT2D eigenvalue weighted by Gasteiger charge is -2.36. The Kier molecular flexibility index (Phi) is 5.73. The van der Waals surface area contributed by atoms with Crippen molar-refractivity contribution in [3.05, 3.63) is 143 Å². The van der Waals surface area contributed by atoms with Crippen LogP contribution in [0.3, 0.4) is 0 Å². The van der Waals surface area contributed by atoms with E-state index in [0.29, 0.717) is 17.8 Å². The van der Waals surface area contributed by atoms with Crippen molar-refractivity contribution in [2.75, 3.05) is 0 Å². The van der Waals surface area contributed by atoms with Crippen molar-refractivity contribution >= 4 is 5.57 Å². The van der Waals surface area contributed by atoms with Crippen molar-refractivity contribution in [3.8, 4) is 22.4 Å². The molecule has 1 heterocycles. The molecule has 0 spiro atoms. The molecule has 7 rings (SSSR count). The number of fused-ring (bicyclic) bond motifs is 5. The highest BCUT2D eigenvalue weighted by Gasteiger charge is 2.33. The molecule has 0 saturated heterocycles. The van der Waals surface area contributed by atoms with Crippen LogP contribution in [-0.4, -0.2) is 4.98 Å². The zero-order chi connectivity index (χ0) is 25.6. The maximum absolute atomic E-state index is 4.87. The number of hydrogen-bond donors (Lipinski definition) is 0. The summed E-state index contributed by atoms with van der Waals surface area (Å²) < 4.78 is 0. The van der Waals surface area contributed by atoms with Crippen LogP contribution in [0, 0.1) is 12.8 Å². The van der Waals surface area contributed by atoms with Gasteiger partial charge in [-0.05, 0) is 95.8 Å². The standard InChI is InChI=1S/C37H33N/c1-24-10-3-4-13-29(24)35-22-37(38-23-25(35)2)28-12-9-11-26(20-28)27-18-19-34-32-16-6-5-14-30(32)31-15-7-8-17-33(31)36(34)21-27/h3-7,9-12,14-16,18-23,29-30,32H,8,13,17H2,1-2H3. The third kappa shape index (κ3) is 3.89. The quantitative estimate of drug-likeness (QED) is 0.355. The van der Waals surface area contributed by atoms with Crippen LogP contribution in [0.1, 0.15) is 60.3 Å². The summed E-state index contributed by atoms with van der Waals surface area (Å²) in [7, 11) is 0. The Morgan fingerprint density at radius 1 is 0.789 bits per heavy atom. The van der Waals surface area contributed by atoms with Gasteiger partial charge in [0.05, 0.1) is 5.69 Å². The number of pyridine rings is 1. The molecule has 0 saturated carbocycles. The molecule has 1 heteroatoms. The molecule has 4 aliphatic rings. The Balaban J connectivity index is 1.28. The number of benzene rings is 2. The fourth-order valence-electron chi connectivity index (χ4n) is 6.81. The maximum Gasteiger partial charge on any atom is 0.0705 e. The number of hydrogen-bond acceptors (Lipinski definition) is 1. The molecule has 186 valence electrons. The Hall–Kier alpha value is -3.97. The molecular formula is C37H33N. The zero-order valence-electron chi connectivity index (χ0n) is 22.2. The second kappa shape index (κ2) is 9.40. The minimum atomic E-state index is 0.430. The van der Waals surface area contributed by atoms with Crippen LogP contribution in [0.15, 0.2) is 121 Å². The minimum absolute atomic E-state index is 0.430. The van der Waals surface area contributed by atoms with Gasteiger partial charge < -0.3 is 0 Å². The van der Waals surface area contributed by atoms with Gasteiger partial charge in [0.15, 0.2) is 0 Å². The fourth-order valence-corrected chi connectivity index (χ4v) is 6.81. The summed E-state index contributed by atoms with van der Waals surface area (Å²) in [5.74, 6) is 1.33. The van der Waals surface area contributed by atoms with E-state index in [0.717, 1.165) is 25.0 Å². The van der Waals surface area contributed by atoms with Crippen molar-refractivity contribution in [2.45, 2.75) is 44.9 Å². The number of rotatable bonds is 3. The van der Waals surface area contributed by atoms with Crippen LogP contribution in [0.2, 0.25) is 0 Å². The van der Waals surface area contributed by atoms with Gasteiger partial charge in [0.25, 0.3) is 0 Å². The van der Waals surface area contributed by atoms with Gasteiger partial charge in [0.1, 0.15) is 0 Å². The van der Waals surface area contributed by atoms with E-state index in [9.17, 15) is 0 Å². The first-order chi connectivity index (χ1) is 18.7. The number of aromatic nitrogens is 1.